The molecule has 3 aromatic rings. The summed E-state index contributed by atoms with van der Waals surface area (Å²) in [6, 6.07) is 16.2. The Kier molecular flexibility index (Phi) is 4.10. The van der Waals surface area contributed by atoms with Crippen LogP contribution in [0.4, 0.5) is 10.8 Å². The Morgan fingerprint density at radius 2 is 1.88 bits per heavy atom. The number of hydrogen-bond donors (Lipinski definition) is 2. The van der Waals surface area contributed by atoms with E-state index in [9.17, 15) is 14.8 Å². The van der Waals surface area contributed by atoms with Gasteiger partial charge in [0.25, 0.3) is 0 Å². The Morgan fingerprint density at radius 1 is 1.15 bits per heavy atom. The average molecular weight is 366 g/mol. The fourth-order valence-corrected chi connectivity index (χ4v) is 3.66. The molecular formula is C18H14N4O3S. The number of nitroso groups, excluding NO2 is 1. The van der Waals surface area contributed by atoms with E-state index in [1.165, 1.54) is 0 Å². The number of nitrogens with one attached hydrogen (secondary N) is 1. The lowest BCUT2D eigenvalue weighted by Gasteiger charge is -2.22. The molecule has 1 aliphatic rings. The van der Waals surface area contributed by atoms with Gasteiger partial charge >= 0.3 is 4.87 Å². The van der Waals surface area contributed by atoms with Crippen molar-refractivity contribution >= 4 is 27.9 Å². The second-order valence-electron chi connectivity index (χ2n) is 5.80. The zero-order valence-electron chi connectivity index (χ0n) is 13.5. The third kappa shape index (κ3) is 2.80. The molecule has 130 valence electrons. The van der Waals surface area contributed by atoms with Crippen molar-refractivity contribution in [1.29, 1.82) is 0 Å². The first kappa shape index (κ1) is 16.2. The first-order valence-electron chi connectivity index (χ1n) is 7.94. The van der Waals surface area contributed by atoms with Crippen LogP contribution in [-0.4, -0.2) is 15.8 Å². The Morgan fingerprint density at radius 3 is 2.62 bits per heavy atom. The fraction of sp³-hybridized carbons (Fsp3) is 0.111. The maximum absolute atomic E-state index is 11.7. The Balaban J connectivity index is 1.84. The van der Waals surface area contributed by atoms with E-state index in [1.54, 1.807) is 23.2 Å². The number of phenols is 1. The summed E-state index contributed by atoms with van der Waals surface area (Å²) in [6.45, 7) is 0. The summed E-state index contributed by atoms with van der Waals surface area (Å²) >= 11 is 0.736. The maximum atomic E-state index is 11.7. The van der Waals surface area contributed by atoms with Crippen molar-refractivity contribution in [2.45, 2.75) is 12.5 Å². The summed E-state index contributed by atoms with van der Waals surface area (Å²) in [5.74, 6) is 0.374. The molecule has 1 aromatic heterocycles. The number of para-hydroxylation sites is 1. The van der Waals surface area contributed by atoms with E-state index in [0.29, 0.717) is 12.0 Å². The van der Waals surface area contributed by atoms with Gasteiger partial charge in [-0.1, -0.05) is 48.5 Å². The SMILES string of the molecule is O=Nc1sc(=O)[nH]c1N1N=C(c2ccccc2)C[C@@H]1c1ccccc1O. The number of H-pyrrole nitrogens is 1. The van der Waals surface area contributed by atoms with Gasteiger partial charge in [0, 0.05) is 12.0 Å². The van der Waals surface area contributed by atoms with Gasteiger partial charge in [-0.15, -0.1) is 4.91 Å². The number of rotatable bonds is 4. The van der Waals surface area contributed by atoms with Crippen molar-refractivity contribution in [1.82, 2.24) is 4.98 Å². The molecule has 0 radical (unpaired) electrons. The summed E-state index contributed by atoms with van der Waals surface area (Å²) in [6.07, 6.45) is 0.512. The highest BCUT2D eigenvalue weighted by molar-refractivity contribution is 7.13. The molecule has 1 aliphatic heterocycles. The van der Waals surface area contributed by atoms with Crippen LogP contribution in [0.3, 0.4) is 0 Å². The number of aromatic amines is 1. The first-order valence-corrected chi connectivity index (χ1v) is 8.75. The van der Waals surface area contributed by atoms with Gasteiger partial charge in [-0.25, -0.2) is 5.01 Å². The number of aromatic nitrogens is 1. The van der Waals surface area contributed by atoms with E-state index in [0.717, 1.165) is 22.6 Å². The molecule has 0 fully saturated rings. The van der Waals surface area contributed by atoms with Crippen LogP contribution >= 0.6 is 11.3 Å². The smallest absolute Gasteiger partial charge is 0.308 e. The summed E-state index contributed by atoms with van der Waals surface area (Å²) in [7, 11) is 0. The van der Waals surface area contributed by atoms with E-state index in [2.05, 4.69) is 15.3 Å². The summed E-state index contributed by atoms with van der Waals surface area (Å²) < 4.78 is 0. The first-order chi connectivity index (χ1) is 12.7. The number of benzene rings is 2. The number of anilines is 1. The third-order valence-electron chi connectivity index (χ3n) is 4.24. The van der Waals surface area contributed by atoms with Crippen LogP contribution in [0.1, 0.15) is 23.6 Å². The predicted octanol–water partition coefficient (Wildman–Crippen LogP) is 3.90. The molecule has 26 heavy (non-hydrogen) atoms. The van der Waals surface area contributed by atoms with Crippen LogP contribution in [0.5, 0.6) is 5.75 Å². The van der Waals surface area contributed by atoms with Crippen molar-refractivity contribution in [3.05, 3.63) is 80.3 Å². The van der Waals surface area contributed by atoms with Crippen LogP contribution in [0.2, 0.25) is 0 Å². The largest absolute Gasteiger partial charge is 0.508 e. The van der Waals surface area contributed by atoms with Crippen LogP contribution in [0, 0.1) is 4.91 Å². The summed E-state index contributed by atoms with van der Waals surface area (Å²) in [4.78, 5) is 25.1. The van der Waals surface area contributed by atoms with Crippen LogP contribution in [0.25, 0.3) is 0 Å². The molecule has 2 aromatic carbocycles. The van der Waals surface area contributed by atoms with Crippen molar-refractivity contribution in [3.63, 3.8) is 0 Å². The lowest BCUT2D eigenvalue weighted by atomic mass is 9.98. The van der Waals surface area contributed by atoms with Gasteiger partial charge in [0.1, 0.15) is 5.75 Å². The van der Waals surface area contributed by atoms with Crippen molar-refractivity contribution in [2.24, 2.45) is 10.3 Å². The molecule has 0 unspecified atom stereocenters. The lowest BCUT2D eigenvalue weighted by molar-refractivity contribution is 0.461. The Bertz CT molecular complexity index is 1040. The second kappa shape index (κ2) is 6.57. The minimum atomic E-state index is -0.381. The van der Waals surface area contributed by atoms with Crippen LogP contribution in [0.15, 0.2) is 69.7 Å². The zero-order valence-corrected chi connectivity index (χ0v) is 14.3. The number of hydrogen-bond acceptors (Lipinski definition) is 7. The van der Waals surface area contributed by atoms with Crippen LogP contribution in [-0.2, 0) is 0 Å². The highest BCUT2D eigenvalue weighted by atomic mass is 32.1. The van der Waals surface area contributed by atoms with Crippen molar-refractivity contribution < 1.29 is 5.11 Å². The molecule has 0 aliphatic carbocycles. The van der Waals surface area contributed by atoms with Gasteiger partial charge in [0.15, 0.2) is 5.82 Å². The molecule has 0 saturated heterocycles. The second-order valence-corrected chi connectivity index (χ2v) is 6.76. The van der Waals surface area contributed by atoms with Crippen molar-refractivity contribution in [2.75, 3.05) is 5.01 Å². The molecule has 1 atom stereocenters. The lowest BCUT2D eigenvalue weighted by Crippen LogP contribution is -2.19. The average Bonchev–Trinajstić information content (AvgIpc) is 3.26. The molecule has 0 saturated carbocycles. The van der Waals surface area contributed by atoms with Gasteiger partial charge in [-0.05, 0) is 28.1 Å². The Labute approximate surface area is 152 Å². The monoisotopic (exact) mass is 366 g/mol. The topological polar surface area (TPSA) is 98.1 Å². The Hall–Kier alpha value is -3.26. The molecule has 0 spiro atoms. The number of thiazole rings is 1. The molecular weight excluding hydrogens is 352 g/mol. The van der Waals surface area contributed by atoms with E-state index in [4.69, 9.17) is 0 Å². The van der Waals surface area contributed by atoms with Gasteiger partial charge < -0.3 is 5.11 Å². The van der Waals surface area contributed by atoms with E-state index in [-0.39, 0.29) is 27.5 Å². The standard InChI is InChI=1S/C18H14N4O3S/c23-15-9-5-4-8-12(15)14-10-13(11-6-2-1-3-7-11)20-22(14)16-17(21-25)26-18(24)19-16/h1-9,14,23H,10H2,(H,19,24)/t14-/m1/s1. The van der Waals surface area contributed by atoms with E-state index < -0.39 is 0 Å². The molecule has 8 heteroatoms. The fourth-order valence-electron chi connectivity index (χ4n) is 3.06. The van der Waals surface area contributed by atoms with E-state index in [1.807, 2.05) is 36.4 Å². The quantitative estimate of drug-likeness (QED) is 0.684. The molecule has 0 bridgehead atoms. The minimum Gasteiger partial charge on any atom is -0.508 e. The zero-order chi connectivity index (χ0) is 18.1. The molecule has 0 amide bonds. The summed E-state index contributed by atoms with van der Waals surface area (Å²) in [5, 5.41) is 19.5. The van der Waals surface area contributed by atoms with E-state index >= 15 is 0 Å². The molecule has 4 rings (SSSR count). The molecule has 2 N–H and O–H groups in total. The molecule has 2 heterocycles. The highest BCUT2D eigenvalue weighted by Gasteiger charge is 2.34. The highest BCUT2D eigenvalue weighted by Crippen LogP contribution is 2.42. The predicted molar refractivity (Wildman–Crippen MR) is 101 cm³/mol. The van der Waals surface area contributed by atoms with Gasteiger partial charge in [-0.2, -0.15) is 5.10 Å². The third-order valence-corrected chi connectivity index (χ3v) is 4.99. The van der Waals surface area contributed by atoms with Gasteiger partial charge in [-0.3, -0.25) is 9.78 Å². The summed E-state index contributed by atoms with van der Waals surface area (Å²) in [5.41, 5.74) is 2.39. The number of nitrogens with zero attached hydrogens (tertiary/aromatic N) is 3. The minimum absolute atomic E-state index is 0.0356. The maximum Gasteiger partial charge on any atom is 0.308 e. The van der Waals surface area contributed by atoms with Crippen LogP contribution < -0.4 is 9.88 Å². The normalized spacial score (nSPS) is 16.5. The molecule has 7 nitrogen and oxygen atoms in total. The van der Waals surface area contributed by atoms with Crippen molar-refractivity contribution in [3.8, 4) is 5.75 Å². The van der Waals surface area contributed by atoms with Gasteiger partial charge in [0.2, 0.25) is 5.00 Å². The van der Waals surface area contributed by atoms with Gasteiger partial charge in [0.05, 0.1) is 11.8 Å². The number of hydrazone groups is 1. The number of phenolic OH excluding ortho intramolecular Hbond substituents is 1. The number of aromatic hydroxyl groups is 1.